The van der Waals surface area contributed by atoms with Gasteiger partial charge in [-0.2, -0.15) is 5.10 Å². The molecule has 0 aliphatic carbocycles. The van der Waals surface area contributed by atoms with E-state index in [0.29, 0.717) is 12.5 Å². The van der Waals surface area contributed by atoms with Crippen molar-refractivity contribution in [2.45, 2.75) is 25.3 Å². The molecular weight excluding hydrogens is 390 g/mol. The van der Waals surface area contributed by atoms with Crippen molar-refractivity contribution in [3.63, 3.8) is 0 Å². The number of rotatable bonds is 3. The number of hydrogen-bond donors (Lipinski definition) is 0. The van der Waals surface area contributed by atoms with Crippen LogP contribution in [0.4, 0.5) is 8.78 Å². The van der Waals surface area contributed by atoms with Crippen LogP contribution in [0.15, 0.2) is 41.1 Å². The van der Waals surface area contributed by atoms with Crippen molar-refractivity contribution in [2.24, 2.45) is 0 Å². The first-order valence-corrected chi connectivity index (χ1v) is 9.06. The number of hydrogen-bond acceptors (Lipinski definition) is 3. The van der Waals surface area contributed by atoms with E-state index in [1.54, 1.807) is 6.07 Å². The molecule has 1 saturated heterocycles. The number of nitrogens with zero attached hydrogens (tertiary/aromatic N) is 4. The zero-order valence-electron chi connectivity index (χ0n) is 13.5. The van der Waals surface area contributed by atoms with E-state index in [2.05, 4.69) is 30.9 Å². The van der Waals surface area contributed by atoms with E-state index < -0.39 is 11.6 Å². The molecular formula is C18H17BrF2N4. The molecule has 1 atom stereocenters. The molecule has 1 aromatic carbocycles. The highest BCUT2D eigenvalue weighted by Gasteiger charge is 2.24. The van der Waals surface area contributed by atoms with Crippen LogP contribution in [0.1, 0.15) is 30.0 Å². The molecule has 1 aliphatic rings. The van der Waals surface area contributed by atoms with E-state index in [0.717, 1.165) is 47.4 Å². The van der Waals surface area contributed by atoms with E-state index in [1.165, 1.54) is 12.1 Å². The molecule has 7 heteroatoms. The SMILES string of the molecule is Fc1ccc(CN2CCCC(c3ccnc4cc(Br)nn34)C2)cc1F. The zero-order chi connectivity index (χ0) is 17.4. The second kappa shape index (κ2) is 6.80. The fourth-order valence-electron chi connectivity index (χ4n) is 3.53. The average Bonchev–Trinajstić information content (AvgIpc) is 2.98. The van der Waals surface area contributed by atoms with Gasteiger partial charge < -0.3 is 0 Å². The normalized spacial score (nSPS) is 18.8. The molecule has 4 rings (SSSR count). The lowest BCUT2D eigenvalue weighted by Crippen LogP contribution is -2.34. The molecule has 0 amide bonds. The number of likely N-dealkylation sites (tertiary alicyclic amines) is 1. The number of benzene rings is 1. The zero-order valence-corrected chi connectivity index (χ0v) is 15.1. The maximum absolute atomic E-state index is 13.4. The summed E-state index contributed by atoms with van der Waals surface area (Å²) in [6, 6.07) is 8.04. The molecule has 1 unspecified atom stereocenters. The van der Waals surface area contributed by atoms with Crippen LogP contribution >= 0.6 is 15.9 Å². The summed E-state index contributed by atoms with van der Waals surface area (Å²) < 4.78 is 29.2. The van der Waals surface area contributed by atoms with Crippen molar-refractivity contribution >= 4 is 21.6 Å². The highest BCUT2D eigenvalue weighted by molar-refractivity contribution is 9.10. The number of aromatic nitrogens is 3. The van der Waals surface area contributed by atoms with Crippen LogP contribution in [0.3, 0.4) is 0 Å². The Balaban J connectivity index is 1.55. The molecule has 0 N–H and O–H groups in total. The Morgan fingerprint density at radius 3 is 2.88 bits per heavy atom. The number of halogens is 3. The van der Waals surface area contributed by atoms with Crippen molar-refractivity contribution in [3.05, 3.63) is 64.0 Å². The molecule has 2 aromatic heterocycles. The maximum Gasteiger partial charge on any atom is 0.159 e. The number of piperidine rings is 1. The summed E-state index contributed by atoms with van der Waals surface area (Å²) in [5.74, 6) is -1.26. The van der Waals surface area contributed by atoms with E-state index in [-0.39, 0.29) is 0 Å². The van der Waals surface area contributed by atoms with Crippen molar-refractivity contribution in [2.75, 3.05) is 13.1 Å². The van der Waals surface area contributed by atoms with Gasteiger partial charge in [0.05, 0.1) is 5.69 Å². The second-order valence-corrected chi connectivity index (χ2v) is 7.24. The van der Waals surface area contributed by atoms with Gasteiger partial charge in [0.2, 0.25) is 0 Å². The fraction of sp³-hybridized carbons (Fsp3) is 0.333. The molecule has 130 valence electrons. The van der Waals surface area contributed by atoms with Gasteiger partial charge in [-0.05, 0) is 59.1 Å². The van der Waals surface area contributed by atoms with Crippen molar-refractivity contribution in [3.8, 4) is 0 Å². The lowest BCUT2D eigenvalue weighted by molar-refractivity contribution is 0.197. The molecule has 1 fully saturated rings. The van der Waals surface area contributed by atoms with Gasteiger partial charge in [-0.25, -0.2) is 18.3 Å². The Morgan fingerprint density at radius 2 is 2.04 bits per heavy atom. The van der Waals surface area contributed by atoms with Gasteiger partial charge >= 0.3 is 0 Å². The second-order valence-electron chi connectivity index (χ2n) is 6.43. The van der Waals surface area contributed by atoms with Gasteiger partial charge in [0.1, 0.15) is 4.60 Å². The van der Waals surface area contributed by atoms with Crippen LogP contribution in [0.25, 0.3) is 5.65 Å². The van der Waals surface area contributed by atoms with Gasteiger partial charge in [0, 0.05) is 31.3 Å². The molecule has 3 aromatic rings. The summed E-state index contributed by atoms with van der Waals surface area (Å²) in [5.41, 5.74) is 2.74. The van der Waals surface area contributed by atoms with Crippen molar-refractivity contribution in [1.29, 1.82) is 0 Å². The Bertz CT molecular complexity index is 911. The first kappa shape index (κ1) is 16.6. The minimum atomic E-state index is -0.802. The van der Waals surface area contributed by atoms with Crippen LogP contribution in [0, 0.1) is 11.6 Å². The van der Waals surface area contributed by atoms with Crippen molar-refractivity contribution < 1.29 is 8.78 Å². The quantitative estimate of drug-likeness (QED) is 0.654. The third-order valence-electron chi connectivity index (χ3n) is 4.67. The van der Waals surface area contributed by atoms with Gasteiger partial charge in [-0.1, -0.05) is 6.07 Å². The largest absolute Gasteiger partial charge is 0.298 e. The lowest BCUT2D eigenvalue weighted by Gasteiger charge is -2.33. The van der Waals surface area contributed by atoms with Crippen LogP contribution in [0.5, 0.6) is 0 Å². The molecule has 25 heavy (non-hydrogen) atoms. The van der Waals surface area contributed by atoms with E-state index >= 15 is 0 Å². The van der Waals surface area contributed by atoms with Crippen molar-refractivity contribution in [1.82, 2.24) is 19.5 Å². The summed E-state index contributed by atoms with van der Waals surface area (Å²) in [6.07, 6.45) is 3.94. The topological polar surface area (TPSA) is 33.4 Å². The minimum Gasteiger partial charge on any atom is -0.298 e. The predicted octanol–water partition coefficient (Wildman–Crippen LogP) is 4.15. The molecule has 0 saturated carbocycles. The molecule has 3 heterocycles. The third-order valence-corrected chi connectivity index (χ3v) is 5.06. The highest BCUT2D eigenvalue weighted by atomic mass is 79.9. The first-order chi connectivity index (χ1) is 12.1. The fourth-order valence-corrected chi connectivity index (χ4v) is 3.89. The van der Waals surface area contributed by atoms with E-state index in [9.17, 15) is 8.78 Å². The summed E-state index contributed by atoms with van der Waals surface area (Å²) in [6.45, 7) is 2.42. The summed E-state index contributed by atoms with van der Waals surface area (Å²) in [4.78, 5) is 6.63. The third kappa shape index (κ3) is 3.43. The number of fused-ring (bicyclic) bond motifs is 1. The van der Waals surface area contributed by atoms with Crippen LogP contribution in [-0.4, -0.2) is 32.6 Å². The lowest BCUT2D eigenvalue weighted by atomic mass is 9.94. The molecule has 0 bridgehead atoms. The smallest absolute Gasteiger partial charge is 0.159 e. The van der Waals surface area contributed by atoms with Crippen LogP contribution < -0.4 is 0 Å². The average molecular weight is 407 g/mol. The summed E-state index contributed by atoms with van der Waals surface area (Å²) in [5, 5.41) is 4.48. The molecule has 0 radical (unpaired) electrons. The van der Waals surface area contributed by atoms with Gasteiger partial charge in [0.25, 0.3) is 0 Å². The predicted molar refractivity (Wildman–Crippen MR) is 94.3 cm³/mol. The Morgan fingerprint density at radius 1 is 1.16 bits per heavy atom. The van der Waals surface area contributed by atoms with Crippen LogP contribution in [-0.2, 0) is 6.54 Å². The summed E-state index contributed by atoms with van der Waals surface area (Å²) in [7, 11) is 0. The van der Waals surface area contributed by atoms with E-state index in [1.807, 2.05) is 22.8 Å². The first-order valence-electron chi connectivity index (χ1n) is 8.26. The minimum absolute atomic E-state index is 0.330. The van der Waals surface area contributed by atoms with E-state index in [4.69, 9.17) is 0 Å². The molecule has 1 aliphatic heterocycles. The van der Waals surface area contributed by atoms with Gasteiger partial charge in [-0.3, -0.25) is 4.90 Å². The Kier molecular flexibility index (Phi) is 4.52. The maximum atomic E-state index is 13.4. The summed E-state index contributed by atoms with van der Waals surface area (Å²) >= 11 is 3.40. The standard InChI is InChI=1S/C18H17BrF2N4/c19-17-9-18-22-6-5-16(25(18)23-17)13-2-1-7-24(11-13)10-12-3-4-14(20)15(21)8-12/h3-6,8-9,13H,1-2,7,10-11H2. The Labute approximate surface area is 152 Å². The van der Waals surface area contributed by atoms with Crippen LogP contribution in [0.2, 0.25) is 0 Å². The monoisotopic (exact) mass is 406 g/mol. The van der Waals surface area contributed by atoms with Gasteiger partial charge in [0.15, 0.2) is 17.3 Å². The highest BCUT2D eigenvalue weighted by Crippen LogP contribution is 2.28. The Hall–Kier alpha value is -1.86. The molecule has 0 spiro atoms. The molecule has 4 nitrogen and oxygen atoms in total. The van der Waals surface area contributed by atoms with Gasteiger partial charge in [-0.15, -0.1) is 0 Å².